The Balaban J connectivity index is 1.86. The third-order valence-electron chi connectivity index (χ3n) is 2.95. The molecule has 0 saturated carbocycles. The van der Waals surface area contributed by atoms with E-state index in [0.29, 0.717) is 6.54 Å². The highest BCUT2D eigenvalue weighted by atomic mass is 35.5. The van der Waals surface area contributed by atoms with Crippen molar-refractivity contribution >= 4 is 17.4 Å². The smallest absolute Gasteiger partial charge is 0.369 e. The molecule has 1 aromatic carbocycles. The lowest BCUT2D eigenvalue weighted by Crippen LogP contribution is -2.09. The van der Waals surface area contributed by atoms with Gasteiger partial charge in [0.15, 0.2) is 0 Å². The maximum absolute atomic E-state index is 12.5. The lowest BCUT2D eigenvalue weighted by atomic mass is 10.1. The van der Waals surface area contributed by atoms with Gasteiger partial charge in [-0.2, -0.15) is 13.2 Å². The molecule has 21 heavy (non-hydrogen) atoms. The molecule has 0 amide bonds. The number of pyridine rings is 1. The first-order chi connectivity index (χ1) is 9.97. The van der Waals surface area contributed by atoms with Crippen LogP contribution in [0.1, 0.15) is 17.5 Å². The Labute approximate surface area is 126 Å². The van der Waals surface area contributed by atoms with Gasteiger partial charge in [-0.15, -0.1) is 0 Å². The first-order valence-corrected chi connectivity index (χ1v) is 6.85. The maximum Gasteiger partial charge on any atom is 0.417 e. The molecule has 2 aromatic rings. The van der Waals surface area contributed by atoms with Gasteiger partial charge in [-0.3, -0.25) is 0 Å². The molecule has 0 spiro atoms. The zero-order valence-electron chi connectivity index (χ0n) is 11.1. The minimum absolute atomic E-state index is 0.0236. The van der Waals surface area contributed by atoms with Crippen LogP contribution in [0.15, 0.2) is 42.6 Å². The Morgan fingerprint density at radius 3 is 2.48 bits per heavy atom. The van der Waals surface area contributed by atoms with Crippen molar-refractivity contribution in [3.63, 3.8) is 0 Å². The fourth-order valence-corrected chi connectivity index (χ4v) is 2.10. The van der Waals surface area contributed by atoms with Crippen LogP contribution in [0.5, 0.6) is 0 Å². The number of alkyl halides is 3. The van der Waals surface area contributed by atoms with Crippen molar-refractivity contribution in [3.8, 4) is 0 Å². The Morgan fingerprint density at radius 2 is 1.86 bits per heavy atom. The van der Waals surface area contributed by atoms with Crippen LogP contribution in [0.3, 0.4) is 0 Å². The van der Waals surface area contributed by atoms with Crippen molar-refractivity contribution in [3.05, 3.63) is 58.7 Å². The van der Waals surface area contributed by atoms with E-state index in [1.807, 2.05) is 30.3 Å². The second-order valence-electron chi connectivity index (χ2n) is 4.57. The summed E-state index contributed by atoms with van der Waals surface area (Å²) in [6.45, 7) is 0.590. The Bertz CT molecular complexity index is 585. The number of hydrogen-bond donors (Lipinski definition) is 1. The summed E-state index contributed by atoms with van der Waals surface area (Å²) in [6.07, 6.45) is -1.93. The largest absolute Gasteiger partial charge is 0.417 e. The molecule has 0 aliphatic carbocycles. The summed E-state index contributed by atoms with van der Waals surface area (Å²) >= 11 is 5.81. The number of anilines is 1. The molecule has 0 bridgehead atoms. The molecule has 0 aliphatic rings. The van der Waals surface area contributed by atoms with Gasteiger partial charge in [0, 0.05) is 12.7 Å². The molecular weight excluding hydrogens is 301 g/mol. The van der Waals surface area contributed by atoms with Crippen molar-refractivity contribution in [2.75, 3.05) is 11.9 Å². The first kappa shape index (κ1) is 15.6. The molecule has 0 fully saturated rings. The molecule has 112 valence electrons. The fraction of sp³-hybridized carbons (Fsp3) is 0.267. The summed E-state index contributed by atoms with van der Waals surface area (Å²) in [5, 5.41) is 2.93. The summed E-state index contributed by atoms with van der Waals surface area (Å²) in [7, 11) is 0. The number of rotatable bonds is 5. The summed E-state index contributed by atoms with van der Waals surface area (Å²) < 4.78 is 37.4. The van der Waals surface area contributed by atoms with Gasteiger partial charge in [0.2, 0.25) is 0 Å². The average Bonchev–Trinajstić information content (AvgIpc) is 2.45. The normalized spacial score (nSPS) is 11.4. The van der Waals surface area contributed by atoms with E-state index >= 15 is 0 Å². The molecule has 0 unspecified atom stereocenters. The molecule has 2 nitrogen and oxygen atoms in total. The van der Waals surface area contributed by atoms with Gasteiger partial charge in [-0.05, 0) is 24.5 Å². The van der Waals surface area contributed by atoms with Crippen molar-refractivity contribution < 1.29 is 13.2 Å². The predicted molar refractivity (Wildman–Crippen MR) is 77.5 cm³/mol. The van der Waals surface area contributed by atoms with Crippen LogP contribution in [-0.4, -0.2) is 11.5 Å². The second kappa shape index (κ2) is 6.80. The number of nitrogens with one attached hydrogen (secondary N) is 1. The zero-order chi connectivity index (χ0) is 15.3. The van der Waals surface area contributed by atoms with Crippen LogP contribution in [0.2, 0.25) is 5.02 Å². The summed E-state index contributed by atoms with van der Waals surface area (Å²) in [6, 6.07) is 10.8. The average molecular weight is 315 g/mol. The van der Waals surface area contributed by atoms with E-state index in [9.17, 15) is 13.2 Å². The van der Waals surface area contributed by atoms with E-state index in [1.165, 1.54) is 5.56 Å². The van der Waals surface area contributed by atoms with Crippen molar-refractivity contribution in [1.82, 2.24) is 4.98 Å². The number of hydrogen-bond acceptors (Lipinski definition) is 2. The second-order valence-corrected chi connectivity index (χ2v) is 4.98. The summed E-state index contributed by atoms with van der Waals surface area (Å²) in [5.41, 5.74) is 0.369. The molecule has 6 heteroatoms. The highest BCUT2D eigenvalue weighted by Gasteiger charge is 2.31. The minimum Gasteiger partial charge on any atom is -0.369 e. The van der Waals surface area contributed by atoms with E-state index in [-0.39, 0.29) is 10.8 Å². The zero-order valence-corrected chi connectivity index (χ0v) is 11.9. The molecule has 0 aliphatic heterocycles. The van der Waals surface area contributed by atoms with E-state index in [4.69, 9.17) is 11.6 Å². The van der Waals surface area contributed by atoms with Crippen LogP contribution in [0, 0.1) is 0 Å². The molecule has 0 atom stereocenters. The van der Waals surface area contributed by atoms with Crippen LogP contribution >= 0.6 is 11.6 Å². The van der Waals surface area contributed by atoms with Gasteiger partial charge in [-0.1, -0.05) is 41.9 Å². The quantitative estimate of drug-likeness (QED) is 0.802. The van der Waals surface area contributed by atoms with Gasteiger partial charge in [-0.25, -0.2) is 4.98 Å². The van der Waals surface area contributed by atoms with Gasteiger partial charge < -0.3 is 5.32 Å². The number of benzene rings is 1. The van der Waals surface area contributed by atoms with Crippen molar-refractivity contribution in [2.24, 2.45) is 0 Å². The third-order valence-corrected chi connectivity index (χ3v) is 3.23. The first-order valence-electron chi connectivity index (χ1n) is 6.47. The highest BCUT2D eigenvalue weighted by molar-refractivity contribution is 6.32. The van der Waals surface area contributed by atoms with Crippen molar-refractivity contribution in [2.45, 2.75) is 19.0 Å². The topological polar surface area (TPSA) is 24.9 Å². The van der Waals surface area contributed by atoms with Gasteiger partial charge >= 0.3 is 6.18 Å². The van der Waals surface area contributed by atoms with E-state index < -0.39 is 11.7 Å². The molecule has 1 heterocycles. The van der Waals surface area contributed by atoms with Crippen molar-refractivity contribution in [1.29, 1.82) is 0 Å². The number of halogens is 4. The van der Waals surface area contributed by atoms with Crippen LogP contribution in [0.4, 0.5) is 19.0 Å². The van der Waals surface area contributed by atoms with Crippen LogP contribution < -0.4 is 5.32 Å². The summed E-state index contributed by atoms with van der Waals surface area (Å²) in [4.78, 5) is 3.73. The predicted octanol–water partition coefficient (Wildman–Crippen LogP) is 4.80. The number of aryl methyl sites for hydroxylation is 1. The van der Waals surface area contributed by atoms with E-state index in [1.54, 1.807) is 0 Å². The Morgan fingerprint density at radius 1 is 1.14 bits per heavy atom. The molecular formula is C15H14ClF3N2. The molecule has 0 saturated heterocycles. The standard InChI is InChI=1S/C15H14ClF3N2/c16-13-9-12(15(17,18)19)10-21-14(13)20-8-4-7-11-5-2-1-3-6-11/h1-3,5-6,9-10H,4,7-8H2,(H,20,21). The molecule has 2 rings (SSSR count). The van der Waals surface area contributed by atoms with Crippen LogP contribution in [0.25, 0.3) is 0 Å². The van der Waals surface area contributed by atoms with Crippen LogP contribution in [-0.2, 0) is 12.6 Å². The highest BCUT2D eigenvalue weighted by Crippen LogP contribution is 2.32. The lowest BCUT2D eigenvalue weighted by Gasteiger charge is -2.10. The van der Waals surface area contributed by atoms with Gasteiger partial charge in [0.25, 0.3) is 0 Å². The number of aromatic nitrogens is 1. The maximum atomic E-state index is 12.5. The number of nitrogens with zero attached hydrogens (tertiary/aromatic N) is 1. The third kappa shape index (κ3) is 4.63. The minimum atomic E-state index is -4.43. The summed E-state index contributed by atoms with van der Waals surface area (Å²) in [5.74, 6) is 0.276. The molecule has 1 N–H and O–H groups in total. The Hall–Kier alpha value is -1.75. The monoisotopic (exact) mass is 314 g/mol. The van der Waals surface area contributed by atoms with Gasteiger partial charge in [0.05, 0.1) is 10.6 Å². The Kier molecular flexibility index (Phi) is 5.07. The van der Waals surface area contributed by atoms with Gasteiger partial charge in [0.1, 0.15) is 5.82 Å². The fourth-order valence-electron chi connectivity index (χ4n) is 1.87. The molecule has 1 aromatic heterocycles. The molecule has 0 radical (unpaired) electrons. The van der Waals surface area contributed by atoms with E-state index in [2.05, 4.69) is 10.3 Å². The lowest BCUT2D eigenvalue weighted by molar-refractivity contribution is -0.137. The SMILES string of the molecule is FC(F)(F)c1cnc(NCCCc2ccccc2)c(Cl)c1. The van der Waals surface area contributed by atoms with E-state index in [0.717, 1.165) is 25.1 Å².